The summed E-state index contributed by atoms with van der Waals surface area (Å²) >= 11 is 0. The molecule has 0 radical (unpaired) electrons. The molecule has 6 heterocycles. The summed E-state index contributed by atoms with van der Waals surface area (Å²) in [7, 11) is 0. The number of benzene rings is 4. The second-order valence-electron chi connectivity index (χ2n) is 12.4. The molecule has 10 rings (SSSR count). The van der Waals surface area contributed by atoms with Crippen molar-refractivity contribution in [1.29, 1.82) is 0 Å². The summed E-state index contributed by atoms with van der Waals surface area (Å²) in [5, 5.41) is 3.50. The molecule has 50 heavy (non-hydrogen) atoms. The summed E-state index contributed by atoms with van der Waals surface area (Å²) in [6, 6.07) is 52.9. The zero-order valence-corrected chi connectivity index (χ0v) is 26.8. The van der Waals surface area contributed by atoms with E-state index in [1.54, 1.807) is 12.4 Å². The SMILES string of the molecule is c1ccc(-n2c3cc(-c4ccc5c6ccccc6n(-c6cc(-c7ccccn7)nc(-c7ccccn7)c6)c5c4)ccc3c3ncccc32)cc1. The zero-order chi connectivity index (χ0) is 33.0. The van der Waals surface area contributed by atoms with Crippen LogP contribution >= 0.6 is 0 Å². The van der Waals surface area contributed by atoms with Gasteiger partial charge in [-0.15, -0.1) is 0 Å². The molecular weight excluding hydrogens is 613 g/mol. The topological polar surface area (TPSA) is 61.4 Å². The van der Waals surface area contributed by atoms with Crippen LogP contribution in [0.1, 0.15) is 0 Å². The van der Waals surface area contributed by atoms with E-state index in [0.29, 0.717) is 0 Å². The third-order valence-corrected chi connectivity index (χ3v) is 9.47. The van der Waals surface area contributed by atoms with E-state index in [0.717, 1.165) is 78.2 Å². The van der Waals surface area contributed by atoms with Crippen LogP contribution in [-0.4, -0.2) is 29.1 Å². The van der Waals surface area contributed by atoms with Crippen LogP contribution in [0.25, 0.3) is 89.0 Å². The Morgan fingerprint density at radius 2 is 0.900 bits per heavy atom. The third kappa shape index (κ3) is 4.50. The van der Waals surface area contributed by atoms with Gasteiger partial charge in [0.05, 0.1) is 56.0 Å². The maximum Gasteiger partial charge on any atom is 0.0963 e. The van der Waals surface area contributed by atoms with E-state index in [2.05, 4.69) is 128 Å². The van der Waals surface area contributed by atoms with Gasteiger partial charge in [0.2, 0.25) is 0 Å². The molecule has 0 fully saturated rings. The molecule has 0 aliphatic rings. The minimum Gasteiger partial charge on any atom is -0.309 e. The maximum atomic E-state index is 5.04. The monoisotopic (exact) mass is 640 g/mol. The van der Waals surface area contributed by atoms with Crippen LogP contribution in [0.15, 0.2) is 170 Å². The molecule has 0 saturated heterocycles. The van der Waals surface area contributed by atoms with Gasteiger partial charge in [0.15, 0.2) is 0 Å². The second-order valence-corrected chi connectivity index (χ2v) is 12.4. The van der Waals surface area contributed by atoms with E-state index in [1.165, 1.54) is 10.8 Å². The number of aromatic nitrogens is 6. The first kappa shape index (κ1) is 28.1. The third-order valence-electron chi connectivity index (χ3n) is 9.47. The molecule has 6 nitrogen and oxygen atoms in total. The summed E-state index contributed by atoms with van der Waals surface area (Å²) in [5.41, 5.74) is 13.0. The van der Waals surface area contributed by atoms with Crippen molar-refractivity contribution < 1.29 is 0 Å². The first-order valence-corrected chi connectivity index (χ1v) is 16.6. The Balaban J connectivity index is 1.22. The van der Waals surface area contributed by atoms with E-state index in [1.807, 2.05) is 48.7 Å². The van der Waals surface area contributed by atoms with Crippen LogP contribution < -0.4 is 0 Å². The van der Waals surface area contributed by atoms with Gasteiger partial charge < -0.3 is 9.13 Å². The summed E-state index contributed by atoms with van der Waals surface area (Å²) in [6.45, 7) is 0. The Bertz CT molecular complexity index is 2800. The molecule has 0 saturated carbocycles. The van der Waals surface area contributed by atoms with Gasteiger partial charge in [0.1, 0.15) is 0 Å². The lowest BCUT2D eigenvalue weighted by Crippen LogP contribution is -1.99. The van der Waals surface area contributed by atoms with Gasteiger partial charge in [-0.05, 0) is 96.1 Å². The molecule has 234 valence electrons. The highest BCUT2D eigenvalue weighted by Crippen LogP contribution is 2.38. The Morgan fingerprint density at radius 3 is 1.60 bits per heavy atom. The molecule has 10 aromatic rings. The molecule has 0 bridgehead atoms. The molecule has 6 aromatic heterocycles. The van der Waals surface area contributed by atoms with Gasteiger partial charge in [-0.2, -0.15) is 0 Å². The van der Waals surface area contributed by atoms with E-state index in [9.17, 15) is 0 Å². The molecule has 0 atom stereocenters. The van der Waals surface area contributed by atoms with Gasteiger partial charge in [-0.25, -0.2) is 4.98 Å². The fourth-order valence-electron chi connectivity index (χ4n) is 7.23. The van der Waals surface area contributed by atoms with Gasteiger partial charge in [0.25, 0.3) is 0 Å². The summed E-state index contributed by atoms with van der Waals surface area (Å²) in [4.78, 5) is 19.1. The summed E-state index contributed by atoms with van der Waals surface area (Å²) < 4.78 is 4.66. The number of rotatable bonds is 5. The average molecular weight is 641 g/mol. The van der Waals surface area contributed by atoms with Crippen LogP contribution in [0.4, 0.5) is 0 Å². The Kier molecular flexibility index (Phi) is 6.39. The van der Waals surface area contributed by atoms with Crippen molar-refractivity contribution in [3.63, 3.8) is 0 Å². The van der Waals surface area contributed by atoms with Crippen molar-refractivity contribution in [2.45, 2.75) is 0 Å². The highest BCUT2D eigenvalue weighted by atomic mass is 15.0. The number of pyridine rings is 4. The van der Waals surface area contributed by atoms with Gasteiger partial charge in [0, 0.05) is 40.4 Å². The predicted octanol–water partition coefficient (Wildman–Crippen LogP) is 10.5. The quantitative estimate of drug-likeness (QED) is 0.188. The zero-order valence-electron chi connectivity index (χ0n) is 26.8. The molecule has 0 aliphatic heterocycles. The number of fused-ring (bicyclic) bond motifs is 6. The fraction of sp³-hybridized carbons (Fsp3) is 0. The van der Waals surface area contributed by atoms with Crippen molar-refractivity contribution in [3.05, 3.63) is 170 Å². The summed E-state index contributed by atoms with van der Waals surface area (Å²) in [6.07, 6.45) is 5.48. The Morgan fingerprint density at radius 1 is 0.340 bits per heavy atom. The lowest BCUT2D eigenvalue weighted by Gasteiger charge is -2.13. The molecule has 0 amide bonds. The van der Waals surface area contributed by atoms with Crippen LogP contribution in [0, 0.1) is 0 Å². The Labute approximate surface area is 287 Å². The van der Waals surface area contributed by atoms with Crippen molar-refractivity contribution in [3.8, 4) is 45.3 Å². The predicted molar refractivity (Wildman–Crippen MR) is 203 cm³/mol. The smallest absolute Gasteiger partial charge is 0.0963 e. The number of hydrogen-bond donors (Lipinski definition) is 0. The molecular formula is C44H28N6. The number of nitrogens with zero attached hydrogens (tertiary/aromatic N) is 6. The standard InChI is InChI=1S/C44H28N6/c1-2-11-31(12-3-1)49-41-17-10-24-47-44(41)35-21-19-30(26-43(35)49)29-18-20-34-33-13-4-5-16-40(33)50(42(34)25-29)32-27-38(36-14-6-8-22-45-36)48-39(28-32)37-15-7-9-23-46-37/h1-28H. The highest BCUT2D eigenvalue weighted by molar-refractivity contribution is 6.11. The highest BCUT2D eigenvalue weighted by Gasteiger charge is 2.18. The molecule has 0 N–H and O–H groups in total. The largest absolute Gasteiger partial charge is 0.309 e. The lowest BCUT2D eigenvalue weighted by atomic mass is 10.0. The van der Waals surface area contributed by atoms with E-state index in [4.69, 9.17) is 9.97 Å². The maximum absolute atomic E-state index is 5.04. The second kappa shape index (κ2) is 11.4. The van der Waals surface area contributed by atoms with Gasteiger partial charge in [-0.3, -0.25) is 15.0 Å². The number of hydrogen-bond acceptors (Lipinski definition) is 4. The molecule has 6 heteroatoms. The van der Waals surface area contributed by atoms with Crippen molar-refractivity contribution in [2.75, 3.05) is 0 Å². The van der Waals surface area contributed by atoms with Crippen molar-refractivity contribution in [1.82, 2.24) is 29.1 Å². The van der Waals surface area contributed by atoms with Gasteiger partial charge in [-0.1, -0.05) is 66.7 Å². The fourth-order valence-corrected chi connectivity index (χ4v) is 7.23. The molecule has 0 spiro atoms. The summed E-state index contributed by atoms with van der Waals surface area (Å²) in [5.74, 6) is 0. The molecule has 0 unspecified atom stereocenters. The minimum atomic E-state index is 0.790. The normalized spacial score (nSPS) is 11.6. The number of para-hydroxylation sites is 2. The minimum absolute atomic E-state index is 0.790. The van der Waals surface area contributed by atoms with Crippen molar-refractivity contribution in [2.24, 2.45) is 0 Å². The van der Waals surface area contributed by atoms with Gasteiger partial charge >= 0.3 is 0 Å². The van der Waals surface area contributed by atoms with E-state index >= 15 is 0 Å². The average Bonchev–Trinajstić information content (AvgIpc) is 3.71. The first-order chi connectivity index (χ1) is 24.8. The molecule has 0 aliphatic carbocycles. The van der Waals surface area contributed by atoms with E-state index < -0.39 is 0 Å². The van der Waals surface area contributed by atoms with Crippen LogP contribution in [0.2, 0.25) is 0 Å². The van der Waals surface area contributed by atoms with Crippen LogP contribution in [0.5, 0.6) is 0 Å². The lowest BCUT2D eigenvalue weighted by molar-refractivity contribution is 1.14. The first-order valence-electron chi connectivity index (χ1n) is 16.6. The van der Waals surface area contributed by atoms with Crippen LogP contribution in [0.3, 0.4) is 0 Å². The molecule has 4 aromatic carbocycles. The van der Waals surface area contributed by atoms with Crippen LogP contribution in [-0.2, 0) is 0 Å². The van der Waals surface area contributed by atoms with Crippen molar-refractivity contribution >= 4 is 43.7 Å². The van der Waals surface area contributed by atoms with E-state index in [-0.39, 0.29) is 0 Å². The Hall–Kier alpha value is -6.92.